The maximum Gasteiger partial charge on any atom is 0 e. The van der Waals surface area contributed by atoms with Crippen molar-refractivity contribution in [3.05, 3.63) is 0 Å². The van der Waals surface area contributed by atoms with Gasteiger partial charge in [0, 0.05) is 41.2 Å². The second-order valence-electron chi connectivity index (χ2n) is 0. The van der Waals surface area contributed by atoms with Crippen molar-refractivity contribution >= 4 is 45.6 Å². The summed E-state index contributed by atoms with van der Waals surface area (Å²) in [6.07, 6.45) is 0. The monoisotopic (exact) mass is 370 g/mol. The van der Waals surface area contributed by atoms with Crippen LogP contribution in [0.15, 0.2) is 0 Å². The minimum atomic E-state index is 0. The van der Waals surface area contributed by atoms with Gasteiger partial charge < -0.3 is 0 Å². The Bertz CT molecular complexity index is 11.6. The van der Waals surface area contributed by atoms with Crippen molar-refractivity contribution in [1.82, 2.24) is 0 Å². The van der Waals surface area contributed by atoms with Crippen LogP contribution in [-0.2, 0) is 41.2 Å². The minimum absolute atomic E-state index is 0. The maximum absolute atomic E-state index is 0. The van der Waals surface area contributed by atoms with E-state index in [0.29, 0.717) is 0 Å². The molecule has 0 aliphatic carbocycles. The molecule has 28 valence electrons. The maximum atomic E-state index is 0. The molecule has 5 heteroatoms. The van der Waals surface area contributed by atoms with Gasteiger partial charge in [-0.1, -0.05) is 0 Å². The van der Waals surface area contributed by atoms with Crippen LogP contribution in [0.5, 0.6) is 0 Å². The first-order valence-electron chi connectivity index (χ1n) is 0. The van der Waals surface area contributed by atoms with Crippen LogP contribution in [0.1, 0.15) is 0 Å². The first-order valence-corrected chi connectivity index (χ1v) is 0. The third kappa shape index (κ3) is 21.0. The van der Waals surface area contributed by atoms with Crippen LogP contribution in [0.25, 0.3) is 0 Å². The van der Waals surface area contributed by atoms with E-state index in [1.165, 1.54) is 0 Å². The van der Waals surface area contributed by atoms with Crippen molar-refractivity contribution < 1.29 is 41.2 Å². The molecule has 0 saturated heterocycles. The van der Waals surface area contributed by atoms with Crippen molar-refractivity contribution in [3.63, 3.8) is 0 Å². The topological polar surface area (TPSA) is 0 Å². The molecular weight excluding hydrogens is 361 g/mol. The fourth-order valence-corrected chi connectivity index (χ4v) is 0. The zero-order valence-electron chi connectivity index (χ0n) is 1.91. The summed E-state index contributed by atoms with van der Waals surface area (Å²) < 4.78 is 0. The van der Waals surface area contributed by atoms with E-state index in [-0.39, 0.29) is 86.8 Å². The molecule has 0 heterocycles. The Balaban J connectivity index is 0. The predicted molar refractivity (Wildman–Crippen MR) is 31.2 cm³/mol. The predicted octanol–water partition coefficient (Wildman–Crippen LogP) is -3.82. The van der Waals surface area contributed by atoms with E-state index in [4.69, 9.17) is 0 Å². The second kappa shape index (κ2) is 31.4. The van der Waals surface area contributed by atoms with Crippen LogP contribution < -0.4 is 0 Å². The second-order valence-corrected chi connectivity index (χ2v) is 0. The molecular formula is H10BBiSiTiZn. The van der Waals surface area contributed by atoms with E-state index in [1.54, 1.807) is 0 Å². The van der Waals surface area contributed by atoms with Crippen LogP contribution in [0, 0.1) is 0 Å². The summed E-state index contributed by atoms with van der Waals surface area (Å²) in [5, 5.41) is 0. The van der Waals surface area contributed by atoms with Gasteiger partial charge in [0.1, 0.15) is 0 Å². The fourth-order valence-electron chi connectivity index (χ4n) is 0. The average molecular weight is 371 g/mol. The van der Waals surface area contributed by atoms with Crippen LogP contribution in [0.2, 0.25) is 0 Å². The van der Waals surface area contributed by atoms with Gasteiger partial charge in [0.25, 0.3) is 0 Å². The fraction of sp³-hybridized carbons (Fsp3) is 0. The molecule has 0 amide bonds. The summed E-state index contributed by atoms with van der Waals surface area (Å²) in [4.78, 5) is 0. The van der Waals surface area contributed by atoms with Gasteiger partial charge in [-0.25, -0.2) is 0 Å². The van der Waals surface area contributed by atoms with Gasteiger partial charge in [-0.2, -0.15) is 0 Å². The number of hydrogen-bond donors (Lipinski definition) is 0. The summed E-state index contributed by atoms with van der Waals surface area (Å²) in [5.74, 6) is 0. The van der Waals surface area contributed by atoms with E-state index >= 15 is 0 Å². The standard InChI is InChI=1S/BH3.Bi.H4Si.Ti.Zn.3H/h1H3;;1H4;;;;;. The summed E-state index contributed by atoms with van der Waals surface area (Å²) in [5.41, 5.74) is 0. The normalized spacial score (nSPS) is 0. The molecule has 0 aliphatic rings. The minimum Gasteiger partial charge on any atom is -0.0149 e. The quantitative estimate of drug-likeness (QED) is 0.383. The van der Waals surface area contributed by atoms with Gasteiger partial charge >= 0.3 is 26.2 Å². The summed E-state index contributed by atoms with van der Waals surface area (Å²) in [6.45, 7) is 0. The van der Waals surface area contributed by atoms with Crippen molar-refractivity contribution in [1.29, 1.82) is 0 Å². The molecule has 0 aromatic rings. The third-order valence-corrected chi connectivity index (χ3v) is 0. The van der Waals surface area contributed by atoms with E-state index in [9.17, 15) is 0 Å². The molecule has 0 aromatic heterocycles. The van der Waals surface area contributed by atoms with Crippen molar-refractivity contribution in [2.75, 3.05) is 0 Å². The van der Waals surface area contributed by atoms with Crippen LogP contribution in [0.3, 0.4) is 0 Å². The number of rotatable bonds is 0. The molecule has 0 bridgehead atoms. The Hall–Kier alpha value is 2.50. The smallest absolute Gasteiger partial charge is 0 e. The molecule has 0 spiro atoms. The Morgan fingerprint density at radius 2 is 1.00 bits per heavy atom. The zero-order valence-corrected chi connectivity index (χ0v) is 11.9. The molecule has 0 N–H and O–H groups in total. The van der Waals surface area contributed by atoms with Crippen LogP contribution >= 0.6 is 0 Å². The van der Waals surface area contributed by atoms with Gasteiger partial charge in [0.05, 0.1) is 8.41 Å². The summed E-state index contributed by atoms with van der Waals surface area (Å²) in [6, 6.07) is 0. The molecule has 0 fully saturated rings. The van der Waals surface area contributed by atoms with Gasteiger partial charge in [0.2, 0.25) is 0 Å². The van der Waals surface area contributed by atoms with Gasteiger partial charge in [-0.05, 0) is 11.0 Å². The van der Waals surface area contributed by atoms with E-state index in [0.717, 1.165) is 0 Å². The largest absolute Gasteiger partial charge is 0.0149 e. The van der Waals surface area contributed by atoms with Crippen molar-refractivity contribution in [2.24, 2.45) is 0 Å². The molecule has 0 aromatic carbocycles. The Kier molecular flexibility index (Phi) is 318. The molecule has 0 unspecified atom stereocenters. The molecule has 0 aliphatic heterocycles. The van der Waals surface area contributed by atoms with Gasteiger partial charge in [-0.3, -0.25) is 0 Å². The molecule has 0 radical (unpaired) electrons. The molecule has 0 nitrogen and oxygen atoms in total. The van der Waals surface area contributed by atoms with Crippen molar-refractivity contribution in [2.45, 2.75) is 0 Å². The molecule has 0 rings (SSSR count). The van der Waals surface area contributed by atoms with Crippen molar-refractivity contribution in [3.8, 4) is 0 Å². The summed E-state index contributed by atoms with van der Waals surface area (Å²) >= 11 is 0. The summed E-state index contributed by atoms with van der Waals surface area (Å²) in [7, 11) is 0. The molecule has 0 atom stereocenters. The first-order chi connectivity index (χ1) is 0. The van der Waals surface area contributed by atoms with E-state index in [1.807, 2.05) is 0 Å². The van der Waals surface area contributed by atoms with Gasteiger partial charge in [0.15, 0.2) is 0 Å². The van der Waals surface area contributed by atoms with Crippen LogP contribution in [0.4, 0.5) is 0 Å². The first kappa shape index (κ1) is 50.7. The van der Waals surface area contributed by atoms with E-state index < -0.39 is 0 Å². The molecule has 0 saturated carbocycles. The Morgan fingerprint density at radius 1 is 1.00 bits per heavy atom. The van der Waals surface area contributed by atoms with E-state index in [2.05, 4.69) is 0 Å². The van der Waals surface area contributed by atoms with Crippen LogP contribution in [-0.4, -0.2) is 45.6 Å². The molecule has 5 heavy (non-hydrogen) atoms. The Labute approximate surface area is 85.6 Å². The average Bonchev–Trinajstić information content (AvgIpc) is 0. The zero-order chi connectivity index (χ0) is 0. The Morgan fingerprint density at radius 3 is 1.00 bits per heavy atom. The number of hydrogen-bond acceptors (Lipinski definition) is 0. The SMILES string of the molecule is B.[BiH3].[SiH4].[Ti].[Zn]. The van der Waals surface area contributed by atoms with Gasteiger partial charge in [-0.15, -0.1) is 0 Å². The third-order valence-electron chi connectivity index (χ3n) is 0.